The van der Waals surface area contributed by atoms with Crippen LogP contribution in [0.25, 0.3) is 0 Å². The third-order valence-corrected chi connectivity index (χ3v) is 5.81. The second kappa shape index (κ2) is 14.2. The van der Waals surface area contributed by atoms with E-state index in [1.165, 1.54) is 0 Å². The second-order valence-corrected chi connectivity index (χ2v) is 10.0. The first-order chi connectivity index (χ1) is 14.3. The van der Waals surface area contributed by atoms with E-state index in [0.29, 0.717) is 17.8 Å². The van der Waals surface area contributed by atoms with Gasteiger partial charge in [0.25, 0.3) is 0 Å². The highest BCUT2D eigenvalue weighted by Gasteiger charge is 2.21. The highest BCUT2D eigenvalue weighted by molar-refractivity contribution is 5.52. The SMILES string of the molecule is CCc1c(CNCC(C)C)c(CC)c(CNCC(C)C)c(CC)c1CNCC(C)C. The van der Waals surface area contributed by atoms with Gasteiger partial charge in [-0.2, -0.15) is 0 Å². The van der Waals surface area contributed by atoms with E-state index in [1.807, 2.05) is 0 Å². The van der Waals surface area contributed by atoms with Crippen molar-refractivity contribution in [3.63, 3.8) is 0 Å². The zero-order valence-corrected chi connectivity index (χ0v) is 21.6. The van der Waals surface area contributed by atoms with E-state index in [9.17, 15) is 0 Å². The monoisotopic (exact) mass is 417 g/mol. The molecule has 1 aromatic carbocycles. The molecule has 0 atom stereocenters. The maximum absolute atomic E-state index is 3.75. The van der Waals surface area contributed by atoms with Crippen molar-refractivity contribution in [3.8, 4) is 0 Å². The Morgan fingerprint density at radius 1 is 0.433 bits per heavy atom. The zero-order valence-electron chi connectivity index (χ0n) is 21.6. The van der Waals surface area contributed by atoms with Gasteiger partial charge in [0.15, 0.2) is 0 Å². The fourth-order valence-corrected chi connectivity index (χ4v) is 4.47. The van der Waals surface area contributed by atoms with E-state index in [-0.39, 0.29) is 0 Å². The Morgan fingerprint density at radius 3 is 0.833 bits per heavy atom. The van der Waals surface area contributed by atoms with Gasteiger partial charge < -0.3 is 16.0 Å². The van der Waals surface area contributed by atoms with Crippen LogP contribution < -0.4 is 16.0 Å². The van der Waals surface area contributed by atoms with Crippen molar-refractivity contribution in [1.29, 1.82) is 0 Å². The molecule has 0 spiro atoms. The van der Waals surface area contributed by atoms with E-state index in [1.54, 1.807) is 33.4 Å². The van der Waals surface area contributed by atoms with Gasteiger partial charge in [-0.1, -0.05) is 62.3 Å². The van der Waals surface area contributed by atoms with Crippen LogP contribution in [0.5, 0.6) is 0 Å². The lowest BCUT2D eigenvalue weighted by Crippen LogP contribution is -2.27. The molecule has 0 aromatic heterocycles. The Labute approximate surface area is 188 Å². The molecular weight excluding hydrogens is 366 g/mol. The molecule has 0 aliphatic rings. The number of rotatable bonds is 15. The molecule has 0 aliphatic carbocycles. The van der Waals surface area contributed by atoms with Crippen molar-refractivity contribution >= 4 is 0 Å². The summed E-state index contributed by atoms with van der Waals surface area (Å²) in [5.74, 6) is 2.03. The summed E-state index contributed by atoms with van der Waals surface area (Å²) in [6.45, 7) is 26.9. The highest BCUT2D eigenvalue weighted by Crippen LogP contribution is 2.31. The Balaban J connectivity index is 3.45. The minimum atomic E-state index is 0.675. The molecule has 3 nitrogen and oxygen atoms in total. The van der Waals surface area contributed by atoms with Gasteiger partial charge in [0.2, 0.25) is 0 Å². The lowest BCUT2D eigenvalue weighted by Gasteiger charge is -2.27. The summed E-state index contributed by atoms with van der Waals surface area (Å²) in [4.78, 5) is 0. The predicted molar refractivity (Wildman–Crippen MR) is 134 cm³/mol. The van der Waals surface area contributed by atoms with Crippen LogP contribution in [0.3, 0.4) is 0 Å². The van der Waals surface area contributed by atoms with Crippen molar-refractivity contribution in [2.24, 2.45) is 17.8 Å². The minimum absolute atomic E-state index is 0.675. The zero-order chi connectivity index (χ0) is 22.7. The van der Waals surface area contributed by atoms with Crippen LogP contribution in [0, 0.1) is 17.8 Å². The summed E-state index contributed by atoms with van der Waals surface area (Å²) in [5.41, 5.74) is 9.47. The van der Waals surface area contributed by atoms with Crippen molar-refractivity contribution in [3.05, 3.63) is 33.4 Å². The molecule has 3 heteroatoms. The summed E-state index contributed by atoms with van der Waals surface area (Å²) in [7, 11) is 0. The number of hydrogen-bond acceptors (Lipinski definition) is 3. The highest BCUT2D eigenvalue weighted by atomic mass is 14.9. The van der Waals surface area contributed by atoms with Gasteiger partial charge in [0.1, 0.15) is 0 Å². The molecule has 0 saturated carbocycles. The molecule has 3 N–H and O–H groups in total. The van der Waals surface area contributed by atoms with Gasteiger partial charge in [-0.05, 0) is 90.0 Å². The van der Waals surface area contributed by atoms with Crippen LogP contribution in [-0.4, -0.2) is 19.6 Å². The van der Waals surface area contributed by atoms with Crippen LogP contribution in [0.15, 0.2) is 0 Å². The van der Waals surface area contributed by atoms with Crippen LogP contribution >= 0.6 is 0 Å². The number of nitrogens with one attached hydrogen (secondary N) is 3. The number of benzene rings is 1. The summed E-state index contributed by atoms with van der Waals surface area (Å²) >= 11 is 0. The molecule has 30 heavy (non-hydrogen) atoms. The average Bonchev–Trinajstić information content (AvgIpc) is 2.67. The summed E-state index contributed by atoms with van der Waals surface area (Å²) in [5, 5.41) is 11.3. The van der Waals surface area contributed by atoms with E-state index >= 15 is 0 Å². The van der Waals surface area contributed by atoms with Crippen molar-refractivity contribution in [2.75, 3.05) is 19.6 Å². The molecule has 0 bridgehead atoms. The summed E-state index contributed by atoms with van der Waals surface area (Å²) < 4.78 is 0. The van der Waals surface area contributed by atoms with Gasteiger partial charge >= 0.3 is 0 Å². The molecule has 0 heterocycles. The maximum Gasteiger partial charge on any atom is 0.0211 e. The van der Waals surface area contributed by atoms with Gasteiger partial charge in [0.05, 0.1) is 0 Å². The normalized spacial score (nSPS) is 12.0. The van der Waals surface area contributed by atoms with Crippen molar-refractivity contribution in [2.45, 2.75) is 101 Å². The molecule has 0 amide bonds. The van der Waals surface area contributed by atoms with Gasteiger partial charge in [0, 0.05) is 19.6 Å². The van der Waals surface area contributed by atoms with Crippen LogP contribution in [0.1, 0.15) is 95.7 Å². The summed E-state index contributed by atoms with van der Waals surface area (Å²) in [6.07, 6.45) is 3.32. The van der Waals surface area contributed by atoms with Gasteiger partial charge in [-0.3, -0.25) is 0 Å². The van der Waals surface area contributed by atoms with Crippen LogP contribution in [0.2, 0.25) is 0 Å². The number of hydrogen-bond donors (Lipinski definition) is 3. The molecule has 0 saturated heterocycles. The molecule has 0 unspecified atom stereocenters. The Morgan fingerprint density at radius 2 is 0.667 bits per heavy atom. The van der Waals surface area contributed by atoms with Crippen LogP contribution in [0.4, 0.5) is 0 Å². The molecule has 1 rings (SSSR count). The lowest BCUT2D eigenvalue weighted by atomic mass is 9.83. The van der Waals surface area contributed by atoms with Crippen LogP contribution in [-0.2, 0) is 38.9 Å². The minimum Gasteiger partial charge on any atom is -0.312 e. The lowest BCUT2D eigenvalue weighted by molar-refractivity contribution is 0.536. The first-order valence-corrected chi connectivity index (χ1v) is 12.6. The third-order valence-electron chi connectivity index (χ3n) is 5.81. The quantitative estimate of drug-likeness (QED) is 0.347. The van der Waals surface area contributed by atoms with E-state index < -0.39 is 0 Å². The van der Waals surface area contributed by atoms with E-state index in [2.05, 4.69) is 78.3 Å². The molecular formula is C27H51N3. The topological polar surface area (TPSA) is 36.1 Å². The fraction of sp³-hybridized carbons (Fsp3) is 0.778. The molecule has 174 valence electrons. The Hall–Kier alpha value is -0.900. The molecule has 0 radical (unpaired) electrons. The first kappa shape index (κ1) is 27.1. The largest absolute Gasteiger partial charge is 0.312 e. The van der Waals surface area contributed by atoms with E-state index in [4.69, 9.17) is 0 Å². The smallest absolute Gasteiger partial charge is 0.0211 e. The summed E-state index contributed by atoms with van der Waals surface area (Å²) in [6, 6.07) is 0. The molecule has 0 fully saturated rings. The fourth-order valence-electron chi connectivity index (χ4n) is 4.47. The first-order valence-electron chi connectivity index (χ1n) is 12.6. The predicted octanol–water partition coefficient (Wildman–Crippen LogP) is 5.61. The van der Waals surface area contributed by atoms with E-state index in [0.717, 1.165) is 58.5 Å². The standard InChI is InChI=1S/C27H51N3/c1-10-22-25(16-28-13-19(4)5)23(11-2)27(18-30-15-21(8)9)24(12-3)26(22)17-29-14-20(6)7/h19-21,28-30H,10-18H2,1-9H3. The van der Waals surface area contributed by atoms with Gasteiger partial charge in [-0.15, -0.1) is 0 Å². The van der Waals surface area contributed by atoms with Gasteiger partial charge in [-0.25, -0.2) is 0 Å². The Bertz CT molecular complexity index is 510. The maximum atomic E-state index is 3.75. The molecule has 0 aliphatic heterocycles. The van der Waals surface area contributed by atoms with Crippen molar-refractivity contribution in [1.82, 2.24) is 16.0 Å². The molecule has 1 aromatic rings. The van der Waals surface area contributed by atoms with Crippen molar-refractivity contribution < 1.29 is 0 Å². The average molecular weight is 418 g/mol. The Kier molecular flexibility index (Phi) is 12.9. The third kappa shape index (κ3) is 8.32. The second-order valence-electron chi connectivity index (χ2n) is 10.0.